The van der Waals surface area contributed by atoms with Gasteiger partial charge in [-0.1, -0.05) is 12.1 Å². The van der Waals surface area contributed by atoms with Gasteiger partial charge >= 0.3 is 0 Å². The van der Waals surface area contributed by atoms with E-state index in [2.05, 4.69) is 0 Å². The average Bonchev–Trinajstić information content (AvgIpc) is 3.11. The van der Waals surface area contributed by atoms with Gasteiger partial charge in [0.05, 0.1) is 10.8 Å². The Morgan fingerprint density at radius 2 is 1.78 bits per heavy atom. The Balaban J connectivity index is 1.61. The topological polar surface area (TPSA) is 49.9 Å². The van der Waals surface area contributed by atoms with Gasteiger partial charge in [0.15, 0.2) is 0 Å². The van der Waals surface area contributed by atoms with Gasteiger partial charge in [-0.15, -0.1) is 0 Å². The molecule has 1 atom stereocenters. The highest BCUT2D eigenvalue weighted by atomic mass is 19.1. The summed E-state index contributed by atoms with van der Waals surface area (Å²) in [5, 5.41) is 0. The Labute approximate surface area is 159 Å². The first kappa shape index (κ1) is 18.4. The molecule has 0 bridgehead atoms. The van der Waals surface area contributed by atoms with Gasteiger partial charge in [-0.2, -0.15) is 0 Å². The van der Waals surface area contributed by atoms with Crippen molar-refractivity contribution in [3.63, 3.8) is 0 Å². The zero-order valence-corrected chi connectivity index (χ0v) is 15.9. The standard InChI is InChI=1S/C21H27FN2O3/c1-23-11-2-7-20(18(23)25)8-12-24(15-20)19(26)21(9-13-27-14-10-21)16-3-5-17(22)6-4-16/h3-6H,2,7-15H2,1H3/t20-/m0/s1. The Hall–Kier alpha value is -1.95. The largest absolute Gasteiger partial charge is 0.381 e. The van der Waals surface area contributed by atoms with E-state index in [4.69, 9.17) is 4.74 Å². The molecule has 3 saturated heterocycles. The molecule has 3 fully saturated rings. The first-order valence-electron chi connectivity index (χ1n) is 9.86. The number of halogens is 1. The number of piperidine rings is 1. The van der Waals surface area contributed by atoms with Crippen molar-refractivity contribution in [1.82, 2.24) is 9.80 Å². The number of carbonyl (C=O) groups is 2. The lowest BCUT2D eigenvalue weighted by Crippen LogP contribution is -2.52. The minimum atomic E-state index is -0.679. The van der Waals surface area contributed by atoms with Crippen LogP contribution in [0.1, 0.15) is 37.7 Å². The average molecular weight is 374 g/mol. The Morgan fingerprint density at radius 1 is 1.07 bits per heavy atom. The Bertz CT molecular complexity index is 729. The molecule has 0 radical (unpaired) electrons. The molecule has 3 heterocycles. The van der Waals surface area contributed by atoms with Crippen LogP contribution in [-0.2, 0) is 19.7 Å². The van der Waals surface area contributed by atoms with E-state index in [1.807, 2.05) is 16.8 Å². The summed E-state index contributed by atoms with van der Waals surface area (Å²) >= 11 is 0. The molecule has 146 valence electrons. The molecule has 0 aliphatic carbocycles. The van der Waals surface area contributed by atoms with Crippen LogP contribution in [0.15, 0.2) is 24.3 Å². The molecule has 0 aromatic heterocycles. The van der Waals surface area contributed by atoms with Gasteiger partial charge in [-0.3, -0.25) is 9.59 Å². The quantitative estimate of drug-likeness (QED) is 0.798. The third-order valence-corrected chi connectivity index (χ3v) is 6.74. The second-order valence-corrected chi connectivity index (χ2v) is 8.29. The van der Waals surface area contributed by atoms with Gasteiger partial charge in [0.1, 0.15) is 5.82 Å². The molecule has 6 heteroatoms. The smallest absolute Gasteiger partial charge is 0.233 e. The fourth-order valence-electron chi connectivity index (χ4n) is 5.11. The Kier molecular flexibility index (Phi) is 4.70. The molecular formula is C21H27FN2O3. The first-order chi connectivity index (χ1) is 13.0. The maximum absolute atomic E-state index is 13.7. The van der Waals surface area contributed by atoms with E-state index in [9.17, 15) is 14.0 Å². The van der Waals surface area contributed by atoms with Crippen LogP contribution < -0.4 is 0 Å². The lowest BCUT2D eigenvalue weighted by Gasteiger charge is -2.41. The second-order valence-electron chi connectivity index (χ2n) is 8.29. The highest BCUT2D eigenvalue weighted by Crippen LogP contribution is 2.43. The summed E-state index contributed by atoms with van der Waals surface area (Å²) in [6.07, 6.45) is 3.76. The van der Waals surface area contributed by atoms with Gasteiger partial charge in [0.25, 0.3) is 0 Å². The van der Waals surface area contributed by atoms with Crippen molar-refractivity contribution < 1.29 is 18.7 Å². The van der Waals surface area contributed by atoms with E-state index in [1.54, 1.807) is 12.1 Å². The van der Waals surface area contributed by atoms with E-state index in [1.165, 1.54) is 12.1 Å². The van der Waals surface area contributed by atoms with E-state index in [-0.39, 0.29) is 17.6 Å². The van der Waals surface area contributed by atoms with E-state index >= 15 is 0 Å². The summed E-state index contributed by atoms with van der Waals surface area (Å²) in [4.78, 5) is 30.2. The highest BCUT2D eigenvalue weighted by Gasteiger charge is 2.52. The van der Waals surface area contributed by atoms with Gasteiger partial charge in [-0.25, -0.2) is 4.39 Å². The van der Waals surface area contributed by atoms with Crippen LogP contribution in [-0.4, -0.2) is 61.5 Å². The van der Waals surface area contributed by atoms with Crippen molar-refractivity contribution in [2.75, 3.05) is 39.9 Å². The molecule has 0 saturated carbocycles. The molecule has 4 rings (SSSR count). The SMILES string of the molecule is CN1CCC[C@@]2(CCN(C(=O)C3(c4ccc(F)cc4)CCOCC3)C2)C1=O. The van der Waals surface area contributed by atoms with Gasteiger partial charge in [-0.05, 0) is 49.8 Å². The van der Waals surface area contributed by atoms with Crippen LogP contribution in [0, 0.1) is 11.2 Å². The van der Waals surface area contributed by atoms with E-state index < -0.39 is 10.8 Å². The number of amides is 2. The van der Waals surface area contributed by atoms with Crippen LogP contribution in [0.5, 0.6) is 0 Å². The van der Waals surface area contributed by atoms with Crippen molar-refractivity contribution in [3.8, 4) is 0 Å². The zero-order valence-electron chi connectivity index (χ0n) is 15.9. The third-order valence-electron chi connectivity index (χ3n) is 6.74. The summed E-state index contributed by atoms with van der Waals surface area (Å²) < 4.78 is 19.0. The summed E-state index contributed by atoms with van der Waals surface area (Å²) in [6, 6.07) is 6.30. The molecule has 5 nitrogen and oxygen atoms in total. The molecule has 1 aromatic rings. The second kappa shape index (κ2) is 6.89. The van der Waals surface area contributed by atoms with Crippen molar-refractivity contribution >= 4 is 11.8 Å². The number of benzene rings is 1. The summed E-state index contributed by atoms with van der Waals surface area (Å²) in [5.41, 5.74) is -0.246. The van der Waals surface area contributed by atoms with E-state index in [0.29, 0.717) is 39.1 Å². The normalized spacial score (nSPS) is 28.0. The molecule has 1 spiro atoms. The number of nitrogens with zero attached hydrogens (tertiary/aromatic N) is 2. The fourth-order valence-corrected chi connectivity index (χ4v) is 5.11. The first-order valence-corrected chi connectivity index (χ1v) is 9.86. The molecular weight excluding hydrogens is 347 g/mol. The number of ether oxygens (including phenoxy) is 1. The molecule has 3 aliphatic rings. The maximum atomic E-state index is 13.7. The third kappa shape index (κ3) is 3.04. The predicted octanol–water partition coefficient (Wildman–Crippen LogP) is 2.34. The van der Waals surface area contributed by atoms with Gasteiger partial charge in [0, 0.05) is 39.9 Å². The lowest BCUT2D eigenvalue weighted by atomic mass is 9.72. The molecule has 3 aliphatic heterocycles. The number of hydrogen-bond acceptors (Lipinski definition) is 3. The van der Waals surface area contributed by atoms with Gasteiger partial charge in [0.2, 0.25) is 11.8 Å². The molecule has 0 unspecified atom stereocenters. The predicted molar refractivity (Wildman–Crippen MR) is 98.6 cm³/mol. The lowest BCUT2D eigenvalue weighted by molar-refractivity contribution is -0.146. The van der Waals surface area contributed by atoms with Gasteiger partial charge < -0.3 is 14.5 Å². The molecule has 0 N–H and O–H groups in total. The minimum Gasteiger partial charge on any atom is -0.381 e. The van der Waals surface area contributed by atoms with Crippen LogP contribution in [0.2, 0.25) is 0 Å². The maximum Gasteiger partial charge on any atom is 0.233 e. The Morgan fingerprint density at radius 3 is 2.48 bits per heavy atom. The number of rotatable bonds is 2. The summed E-state index contributed by atoms with van der Waals surface area (Å²) in [6.45, 7) is 2.94. The molecule has 27 heavy (non-hydrogen) atoms. The van der Waals surface area contributed by atoms with Crippen LogP contribution in [0.25, 0.3) is 0 Å². The van der Waals surface area contributed by atoms with Crippen molar-refractivity contribution in [2.24, 2.45) is 5.41 Å². The molecule has 2 amide bonds. The zero-order chi connectivity index (χ0) is 19.1. The van der Waals surface area contributed by atoms with Crippen LogP contribution in [0.4, 0.5) is 4.39 Å². The number of carbonyl (C=O) groups excluding carboxylic acids is 2. The summed E-state index contributed by atoms with van der Waals surface area (Å²) in [7, 11) is 1.85. The number of likely N-dealkylation sites (tertiary alicyclic amines) is 2. The van der Waals surface area contributed by atoms with Crippen molar-refractivity contribution in [2.45, 2.75) is 37.5 Å². The van der Waals surface area contributed by atoms with Crippen molar-refractivity contribution in [3.05, 3.63) is 35.6 Å². The van der Waals surface area contributed by atoms with Crippen LogP contribution >= 0.6 is 0 Å². The highest BCUT2D eigenvalue weighted by molar-refractivity contribution is 5.91. The van der Waals surface area contributed by atoms with Crippen molar-refractivity contribution in [1.29, 1.82) is 0 Å². The fraction of sp³-hybridized carbons (Fsp3) is 0.619. The number of hydrogen-bond donors (Lipinski definition) is 0. The summed E-state index contributed by atoms with van der Waals surface area (Å²) in [5.74, 6) is -0.0634. The molecule has 1 aromatic carbocycles. The van der Waals surface area contributed by atoms with Crippen LogP contribution in [0.3, 0.4) is 0 Å². The van der Waals surface area contributed by atoms with E-state index in [0.717, 1.165) is 31.4 Å². The minimum absolute atomic E-state index is 0.0651. The monoisotopic (exact) mass is 374 g/mol.